The number of Topliss-reactive ketones (excluding diaryl/α,β-unsaturated/α-hetero) is 1. The van der Waals surface area contributed by atoms with Gasteiger partial charge in [0.25, 0.3) is 6.30 Å². The van der Waals surface area contributed by atoms with Crippen molar-refractivity contribution < 1.29 is 22.9 Å². The molecule has 7 heteroatoms. The number of carbonyl (C=O) groups excluding carboxylic acids is 2. The Labute approximate surface area is 86.0 Å². The molecule has 1 fully saturated rings. The van der Waals surface area contributed by atoms with Gasteiger partial charge in [-0.1, -0.05) is 10.5 Å². The van der Waals surface area contributed by atoms with E-state index in [-0.39, 0.29) is 4.88 Å². The fourth-order valence-electron chi connectivity index (χ4n) is 1.24. The van der Waals surface area contributed by atoms with Crippen LogP contribution in [0.3, 0.4) is 0 Å². The van der Waals surface area contributed by atoms with Gasteiger partial charge >= 0.3 is 11.6 Å². The van der Waals surface area contributed by atoms with Crippen LogP contribution in [-0.4, -0.2) is 28.8 Å². The van der Waals surface area contributed by atoms with Crippen molar-refractivity contribution >= 4 is 23.0 Å². The number of hydrogen-bond acceptors (Lipinski definition) is 3. The van der Waals surface area contributed by atoms with E-state index in [0.717, 1.165) is 11.3 Å². The number of nitrogens with zero attached hydrogens (tertiary/aromatic N) is 1. The second-order valence-electron chi connectivity index (χ2n) is 2.97. The third-order valence-electron chi connectivity index (χ3n) is 2.11. The van der Waals surface area contributed by atoms with E-state index in [4.69, 9.17) is 0 Å². The number of ketones is 1. The van der Waals surface area contributed by atoms with Gasteiger partial charge in [-0.15, -0.1) is 16.5 Å². The zero-order valence-electron chi connectivity index (χ0n) is 7.12. The largest absolute Gasteiger partial charge is 0.305 e. The van der Waals surface area contributed by atoms with Crippen LogP contribution in [0.15, 0.2) is 17.5 Å². The Morgan fingerprint density at radius 2 is 2.27 bits per heavy atom. The molecule has 2 unspecified atom stereocenters. The van der Waals surface area contributed by atoms with Gasteiger partial charge in [0.05, 0.1) is 4.88 Å². The Morgan fingerprint density at radius 1 is 1.60 bits per heavy atom. The van der Waals surface area contributed by atoms with Crippen LogP contribution in [0, 0.1) is 0 Å². The highest BCUT2D eigenvalue weighted by molar-refractivity contribution is 7.12. The van der Waals surface area contributed by atoms with E-state index in [9.17, 15) is 22.9 Å². The number of halogens is 3. The van der Waals surface area contributed by atoms with Crippen molar-refractivity contribution in [2.75, 3.05) is 0 Å². The Hall–Kier alpha value is -1.37. The molecule has 1 aliphatic heterocycles. The standard InChI is InChI=1S/C8H4F3NO2S/c9-6-8(10,7(14)12(6)11)5(13)4-2-1-3-15-4/h1-3,6H. The molecule has 1 amide bonds. The van der Waals surface area contributed by atoms with E-state index in [1.807, 2.05) is 0 Å². The summed E-state index contributed by atoms with van der Waals surface area (Å²) in [7, 11) is 0. The smallest absolute Gasteiger partial charge is 0.289 e. The summed E-state index contributed by atoms with van der Waals surface area (Å²) < 4.78 is 38.7. The lowest BCUT2D eigenvalue weighted by Gasteiger charge is -2.38. The molecule has 2 heterocycles. The molecule has 1 aromatic rings. The predicted octanol–water partition coefficient (Wildman–Crippen LogP) is 1.66. The molecular weight excluding hydrogens is 231 g/mol. The molecular formula is C8H4F3NO2S. The van der Waals surface area contributed by atoms with E-state index < -0.39 is 28.8 Å². The molecule has 1 aliphatic rings. The first-order chi connectivity index (χ1) is 6.99. The van der Waals surface area contributed by atoms with Crippen LogP contribution < -0.4 is 0 Å². The van der Waals surface area contributed by atoms with Crippen molar-refractivity contribution in [3.05, 3.63) is 22.4 Å². The van der Waals surface area contributed by atoms with Crippen LogP contribution in [0.5, 0.6) is 0 Å². The molecule has 3 nitrogen and oxygen atoms in total. The van der Waals surface area contributed by atoms with Gasteiger partial charge in [-0.3, -0.25) is 9.59 Å². The van der Waals surface area contributed by atoms with Crippen LogP contribution >= 0.6 is 11.3 Å². The Kier molecular flexibility index (Phi) is 2.07. The average molecular weight is 235 g/mol. The zero-order valence-corrected chi connectivity index (χ0v) is 7.93. The quantitative estimate of drug-likeness (QED) is 0.257. The van der Waals surface area contributed by atoms with Gasteiger partial charge in [0.2, 0.25) is 5.78 Å². The number of β-lactam (4-membered cyclic amide) rings is 1. The fraction of sp³-hybridized carbons (Fsp3) is 0.250. The van der Waals surface area contributed by atoms with Crippen LogP contribution in [0.25, 0.3) is 0 Å². The molecule has 0 spiro atoms. The first kappa shape index (κ1) is 10.2. The number of amides is 1. The van der Waals surface area contributed by atoms with E-state index in [2.05, 4.69) is 0 Å². The molecule has 2 atom stereocenters. The Morgan fingerprint density at radius 3 is 2.73 bits per heavy atom. The summed E-state index contributed by atoms with van der Waals surface area (Å²) in [6, 6.07) is 2.69. The minimum atomic E-state index is -3.39. The summed E-state index contributed by atoms with van der Waals surface area (Å²) in [5, 5.41) is 0.547. The molecule has 15 heavy (non-hydrogen) atoms. The topological polar surface area (TPSA) is 37.4 Å². The van der Waals surface area contributed by atoms with E-state index in [0.29, 0.717) is 0 Å². The third kappa shape index (κ3) is 1.12. The number of thiophene rings is 1. The molecule has 0 radical (unpaired) electrons. The normalized spacial score (nSPS) is 30.2. The summed E-state index contributed by atoms with van der Waals surface area (Å²) in [5.74, 6) is -3.11. The predicted molar refractivity (Wildman–Crippen MR) is 45.3 cm³/mol. The van der Waals surface area contributed by atoms with Gasteiger partial charge < -0.3 is 0 Å². The third-order valence-corrected chi connectivity index (χ3v) is 2.98. The highest BCUT2D eigenvalue weighted by Gasteiger charge is 2.70. The highest BCUT2D eigenvalue weighted by Crippen LogP contribution is 2.39. The minimum Gasteiger partial charge on any atom is -0.289 e. The maximum absolute atomic E-state index is 13.6. The minimum absolute atomic E-state index is 0.110. The van der Waals surface area contributed by atoms with E-state index >= 15 is 0 Å². The van der Waals surface area contributed by atoms with E-state index in [1.165, 1.54) is 17.5 Å². The summed E-state index contributed by atoms with van der Waals surface area (Å²) >= 11 is 0.863. The lowest BCUT2D eigenvalue weighted by atomic mass is 9.90. The summed E-state index contributed by atoms with van der Waals surface area (Å²) in [6.07, 6.45) is -2.85. The van der Waals surface area contributed by atoms with Crippen LogP contribution in [-0.2, 0) is 4.79 Å². The monoisotopic (exact) mass is 235 g/mol. The van der Waals surface area contributed by atoms with Crippen molar-refractivity contribution in [1.82, 2.24) is 5.12 Å². The number of alkyl halides is 2. The van der Waals surface area contributed by atoms with Crippen molar-refractivity contribution in [3.63, 3.8) is 0 Å². The maximum Gasteiger partial charge on any atom is 0.305 e. The molecule has 1 saturated heterocycles. The highest BCUT2D eigenvalue weighted by atomic mass is 32.1. The summed E-state index contributed by atoms with van der Waals surface area (Å²) in [6.45, 7) is 0. The van der Waals surface area contributed by atoms with Gasteiger partial charge in [-0.25, -0.2) is 8.78 Å². The maximum atomic E-state index is 13.6. The van der Waals surface area contributed by atoms with Crippen molar-refractivity contribution in [3.8, 4) is 0 Å². The van der Waals surface area contributed by atoms with Crippen molar-refractivity contribution in [1.29, 1.82) is 0 Å². The lowest BCUT2D eigenvalue weighted by molar-refractivity contribution is -0.225. The molecule has 0 saturated carbocycles. The molecule has 0 bridgehead atoms. The molecule has 80 valence electrons. The van der Waals surface area contributed by atoms with Crippen LogP contribution in [0.2, 0.25) is 0 Å². The first-order valence-electron chi connectivity index (χ1n) is 3.90. The second-order valence-corrected chi connectivity index (χ2v) is 3.92. The molecule has 0 aliphatic carbocycles. The average Bonchev–Trinajstić information content (AvgIpc) is 2.78. The van der Waals surface area contributed by atoms with Gasteiger partial charge in [-0.05, 0) is 11.4 Å². The molecule has 0 N–H and O–H groups in total. The van der Waals surface area contributed by atoms with Crippen LogP contribution in [0.1, 0.15) is 9.67 Å². The summed E-state index contributed by atoms with van der Waals surface area (Å²) in [5.41, 5.74) is -3.39. The van der Waals surface area contributed by atoms with Gasteiger partial charge in [0, 0.05) is 0 Å². The van der Waals surface area contributed by atoms with Gasteiger partial charge in [0.15, 0.2) is 0 Å². The molecule has 1 aromatic heterocycles. The first-order valence-corrected chi connectivity index (χ1v) is 4.78. The van der Waals surface area contributed by atoms with Crippen LogP contribution in [0.4, 0.5) is 13.3 Å². The SMILES string of the molecule is O=C(c1cccs1)C1(F)C(=O)N(F)C1F. The van der Waals surface area contributed by atoms with Crippen molar-refractivity contribution in [2.45, 2.75) is 12.0 Å². The number of rotatable bonds is 2. The van der Waals surface area contributed by atoms with Gasteiger partial charge in [-0.2, -0.15) is 0 Å². The Bertz CT molecular complexity index is 422. The zero-order chi connectivity index (χ0) is 11.2. The lowest BCUT2D eigenvalue weighted by Crippen LogP contribution is -2.70. The van der Waals surface area contributed by atoms with E-state index in [1.54, 1.807) is 0 Å². The summed E-state index contributed by atoms with van der Waals surface area (Å²) in [4.78, 5) is 22.0. The molecule has 0 aromatic carbocycles. The Balaban J connectivity index is 2.32. The number of carbonyl (C=O) groups is 2. The number of hydrogen-bond donors (Lipinski definition) is 0. The van der Waals surface area contributed by atoms with Crippen molar-refractivity contribution in [2.24, 2.45) is 0 Å². The fourth-order valence-corrected chi connectivity index (χ4v) is 1.96. The second kappa shape index (κ2) is 3.06. The molecule has 2 rings (SSSR count). The van der Waals surface area contributed by atoms with Gasteiger partial charge in [0.1, 0.15) is 0 Å².